The number of rotatable bonds is 6. The van der Waals surface area contributed by atoms with Crippen LogP contribution in [0.15, 0.2) is 85.2 Å². The minimum absolute atomic E-state index is 0.258. The molecule has 0 bridgehead atoms. The van der Waals surface area contributed by atoms with Crippen molar-refractivity contribution >= 4 is 28.3 Å². The summed E-state index contributed by atoms with van der Waals surface area (Å²) in [5, 5.41) is 7.36. The van der Waals surface area contributed by atoms with Gasteiger partial charge in [0, 0.05) is 45.8 Å². The molecule has 2 aromatic carbocycles. The third-order valence-electron chi connectivity index (χ3n) is 5.86. The monoisotopic (exact) mass is 465 g/mol. The fourth-order valence-corrected chi connectivity index (χ4v) is 4.23. The standard InChI is InChI=1S/C28H24FN5O/c1-17-11-13-31-25(14-17)34-27(24-8-3-4-12-30-24)26-18(2)32-23-10-9-21(16-22(23)26)33-28(35)19-6-5-7-20(29)15-19/h3-16,27,32H,1-2H3,(H,31,34)(H,33,35)/t27-/m0/s1. The molecule has 35 heavy (non-hydrogen) atoms. The highest BCUT2D eigenvalue weighted by atomic mass is 19.1. The number of benzene rings is 2. The molecule has 1 amide bonds. The molecule has 174 valence electrons. The molecule has 3 heterocycles. The molecule has 0 saturated heterocycles. The van der Waals surface area contributed by atoms with Gasteiger partial charge in [-0.1, -0.05) is 12.1 Å². The van der Waals surface area contributed by atoms with Gasteiger partial charge in [0.2, 0.25) is 0 Å². The molecule has 0 fully saturated rings. The van der Waals surface area contributed by atoms with E-state index in [-0.39, 0.29) is 17.5 Å². The van der Waals surface area contributed by atoms with Crippen molar-refractivity contribution in [1.29, 1.82) is 0 Å². The van der Waals surface area contributed by atoms with Gasteiger partial charge in [-0.3, -0.25) is 9.78 Å². The molecule has 0 aliphatic carbocycles. The van der Waals surface area contributed by atoms with Gasteiger partial charge in [-0.25, -0.2) is 9.37 Å². The summed E-state index contributed by atoms with van der Waals surface area (Å²) in [5.74, 6) is -0.0864. The largest absolute Gasteiger partial charge is 0.358 e. The molecule has 0 spiro atoms. The Morgan fingerprint density at radius 2 is 1.83 bits per heavy atom. The molecule has 1 atom stereocenters. The highest BCUT2D eigenvalue weighted by molar-refractivity contribution is 6.05. The molecule has 3 aromatic heterocycles. The Balaban J connectivity index is 1.56. The first kappa shape index (κ1) is 22.3. The van der Waals surface area contributed by atoms with Crippen LogP contribution in [0, 0.1) is 19.7 Å². The van der Waals surface area contributed by atoms with Gasteiger partial charge in [0.15, 0.2) is 0 Å². The number of pyridine rings is 2. The maximum atomic E-state index is 13.6. The zero-order chi connectivity index (χ0) is 24.4. The minimum atomic E-state index is -0.453. The van der Waals surface area contributed by atoms with Crippen molar-refractivity contribution in [2.75, 3.05) is 10.6 Å². The van der Waals surface area contributed by atoms with Gasteiger partial charge in [0.25, 0.3) is 5.91 Å². The number of fused-ring (bicyclic) bond motifs is 1. The summed E-state index contributed by atoms with van der Waals surface area (Å²) in [4.78, 5) is 25.2. The lowest BCUT2D eigenvalue weighted by molar-refractivity contribution is 0.102. The van der Waals surface area contributed by atoms with Crippen LogP contribution in [0.25, 0.3) is 10.9 Å². The number of H-pyrrole nitrogens is 1. The summed E-state index contributed by atoms with van der Waals surface area (Å²) in [5.41, 5.74) is 5.72. The molecule has 5 aromatic rings. The van der Waals surface area contributed by atoms with Crippen LogP contribution >= 0.6 is 0 Å². The van der Waals surface area contributed by atoms with Crippen LogP contribution < -0.4 is 10.6 Å². The van der Waals surface area contributed by atoms with Crippen molar-refractivity contribution in [3.05, 3.63) is 119 Å². The third kappa shape index (κ3) is 4.75. The van der Waals surface area contributed by atoms with Crippen molar-refractivity contribution in [2.24, 2.45) is 0 Å². The van der Waals surface area contributed by atoms with Crippen LogP contribution in [-0.2, 0) is 0 Å². The third-order valence-corrected chi connectivity index (χ3v) is 5.86. The zero-order valence-corrected chi connectivity index (χ0v) is 19.3. The highest BCUT2D eigenvalue weighted by Crippen LogP contribution is 2.35. The molecule has 7 heteroatoms. The Morgan fingerprint density at radius 3 is 2.60 bits per heavy atom. The van der Waals surface area contributed by atoms with Crippen molar-refractivity contribution in [3.8, 4) is 0 Å². The number of aryl methyl sites for hydroxylation is 2. The van der Waals surface area contributed by atoms with Crippen LogP contribution in [0.5, 0.6) is 0 Å². The Bertz CT molecular complexity index is 1510. The Morgan fingerprint density at radius 1 is 0.943 bits per heavy atom. The van der Waals surface area contributed by atoms with Crippen LogP contribution in [0.4, 0.5) is 15.9 Å². The Kier molecular flexibility index (Phi) is 5.97. The number of carbonyl (C=O) groups excluding carboxylic acids is 1. The van der Waals surface area contributed by atoms with Gasteiger partial charge in [-0.15, -0.1) is 0 Å². The summed E-state index contributed by atoms with van der Waals surface area (Å²) in [6.45, 7) is 4.04. The van der Waals surface area contributed by atoms with Gasteiger partial charge in [-0.05, 0) is 80.1 Å². The first-order chi connectivity index (χ1) is 17.0. The van der Waals surface area contributed by atoms with Gasteiger partial charge in [0.05, 0.1) is 11.7 Å². The first-order valence-electron chi connectivity index (χ1n) is 11.3. The average molecular weight is 466 g/mol. The SMILES string of the molecule is Cc1ccnc(N[C@@H](c2ccccn2)c2c(C)[nH]c3ccc(NC(=O)c4cccc(F)c4)cc23)c1. The number of aromatic amines is 1. The van der Waals surface area contributed by atoms with E-state index in [4.69, 9.17) is 0 Å². The lowest BCUT2D eigenvalue weighted by Crippen LogP contribution is -2.15. The average Bonchev–Trinajstić information content (AvgIpc) is 3.18. The van der Waals surface area contributed by atoms with E-state index in [1.807, 2.05) is 62.4 Å². The van der Waals surface area contributed by atoms with Crippen molar-refractivity contribution in [3.63, 3.8) is 0 Å². The maximum Gasteiger partial charge on any atom is 0.255 e. The molecule has 0 aliphatic heterocycles. The number of nitrogens with one attached hydrogen (secondary N) is 3. The van der Waals surface area contributed by atoms with Gasteiger partial charge >= 0.3 is 0 Å². The summed E-state index contributed by atoms with van der Waals surface area (Å²) in [7, 11) is 0. The van der Waals surface area contributed by atoms with Crippen LogP contribution in [0.2, 0.25) is 0 Å². The number of hydrogen-bond donors (Lipinski definition) is 3. The summed E-state index contributed by atoms with van der Waals surface area (Å²) in [6.07, 6.45) is 3.54. The number of nitrogens with zero attached hydrogens (tertiary/aromatic N) is 2. The molecule has 0 aliphatic rings. The molecule has 5 rings (SSSR count). The predicted molar refractivity (Wildman–Crippen MR) is 136 cm³/mol. The fourth-order valence-electron chi connectivity index (χ4n) is 4.23. The molecule has 3 N–H and O–H groups in total. The van der Waals surface area contributed by atoms with Gasteiger partial charge in [-0.2, -0.15) is 0 Å². The Hall–Kier alpha value is -4.52. The second-order valence-corrected chi connectivity index (χ2v) is 8.44. The topological polar surface area (TPSA) is 82.7 Å². The second-order valence-electron chi connectivity index (χ2n) is 8.44. The van der Waals surface area contributed by atoms with E-state index in [0.29, 0.717) is 5.69 Å². The molecule has 0 radical (unpaired) electrons. The second kappa shape index (κ2) is 9.38. The van der Waals surface area contributed by atoms with Crippen molar-refractivity contribution in [1.82, 2.24) is 15.0 Å². The van der Waals surface area contributed by atoms with Gasteiger partial charge in [0.1, 0.15) is 11.6 Å². The number of anilines is 2. The zero-order valence-electron chi connectivity index (χ0n) is 19.3. The first-order valence-corrected chi connectivity index (χ1v) is 11.3. The highest BCUT2D eigenvalue weighted by Gasteiger charge is 2.23. The van der Waals surface area contributed by atoms with Crippen LogP contribution in [0.3, 0.4) is 0 Å². The minimum Gasteiger partial charge on any atom is -0.358 e. The van der Waals surface area contributed by atoms with E-state index >= 15 is 0 Å². The maximum absolute atomic E-state index is 13.6. The molecule has 0 saturated carbocycles. The molecular weight excluding hydrogens is 441 g/mol. The summed E-state index contributed by atoms with van der Waals surface area (Å²) >= 11 is 0. The molecule has 6 nitrogen and oxygen atoms in total. The lowest BCUT2D eigenvalue weighted by Gasteiger charge is -2.20. The number of halogens is 1. The number of carbonyl (C=O) groups is 1. The normalized spacial score (nSPS) is 11.9. The Labute approximate surface area is 202 Å². The van der Waals surface area contributed by atoms with E-state index in [1.165, 1.54) is 18.2 Å². The van der Waals surface area contributed by atoms with Gasteiger partial charge < -0.3 is 15.6 Å². The van der Waals surface area contributed by atoms with E-state index in [0.717, 1.165) is 39.2 Å². The van der Waals surface area contributed by atoms with Crippen LogP contribution in [-0.4, -0.2) is 20.9 Å². The van der Waals surface area contributed by atoms with Crippen molar-refractivity contribution in [2.45, 2.75) is 19.9 Å². The summed E-state index contributed by atoms with van der Waals surface area (Å²) in [6, 6.07) is 20.8. The van der Waals surface area contributed by atoms with Crippen molar-refractivity contribution < 1.29 is 9.18 Å². The molecule has 0 unspecified atom stereocenters. The summed E-state index contributed by atoms with van der Waals surface area (Å²) < 4.78 is 13.6. The van der Waals surface area contributed by atoms with E-state index in [9.17, 15) is 9.18 Å². The fraction of sp³-hybridized carbons (Fsp3) is 0.107. The van der Waals surface area contributed by atoms with E-state index < -0.39 is 5.82 Å². The smallest absolute Gasteiger partial charge is 0.255 e. The number of hydrogen-bond acceptors (Lipinski definition) is 4. The number of amides is 1. The number of aromatic nitrogens is 3. The van der Waals surface area contributed by atoms with Crippen LogP contribution in [0.1, 0.15) is 38.9 Å². The predicted octanol–water partition coefficient (Wildman–Crippen LogP) is 6.17. The van der Waals surface area contributed by atoms with E-state index in [1.54, 1.807) is 18.5 Å². The molecular formula is C28H24FN5O. The van der Waals surface area contributed by atoms with E-state index in [2.05, 4.69) is 25.6 Å². The quantitative estimate of drug-likeness (QED) is 0.280. The lowest BCUT2D eigenvalue weighted by atomic mass is 9.99.